The molecule has 1 aromatic carbocycles. The SMILES string of the molecule is CNC(=O)c1cccc(-c2nnc(NS(=O)(=O)[C@H](C)Cc3ncc(F)cn3)n2-c2c(OC)cccc2OC)n1. The minimum atomic E-state index is -4.10. The van der Waals surface area contributed by atoms with E-state index in [1.54, 1.807) is 30.3 Å². The lowest BCUT2D eigenvalue weighted by Gasteiger charge is -2.19. The number of nitrogens with one attached hydrogen (secondary N) is 2. The van der Waals surface area contributed by atoms with Crippen molar-refractivity contribution in [3.8, 4) is 28.7 Å². The number of carbonyl (C=O) groups is 1. The van der Waals surface area contributed by atoms with Crippen LogP contribution in [-0.2, 0) is 16.4 Å². The molecule has 2 N–H and O–H groups in total. The van der Waals surface area contributed by atoms with Gasteiger partial charge in [-0.15, -0.1) is 10.2 Å². The minimum absolute atomic E-state index is 0.0929. The molecule has 0 spiro atoms. The van der Waals surface area contributed by atoms with E-state index in [0.29, 0.717) is 17.2 Å². The zero-order chi connectivity index (χ0) is 28.2. The van der Waals surface area contributed by atoms with Crippen LogP contribution in [0.4, 0.5) is 10.3 Å². The molecule has 0 saturated heterocycles. The minimum Gasteiger partial charge on any atom is -0.494 e. The van der Waals surface area contributed by atoms with Crippen LogP contribution in [0.5, 0.6) is 11.5 Å². The van der Waals surface area contributed by atoms with Crippen molar-refractivity contribution in [1.82, 2.24) is 35.0 Å². The maximum absolute atomic E-state index is 13.3. The molecule has 1 atom stereocenters. The summed E-state index contributed by atoms with van der Waals surface area (Å²) in [7, 11) is 0.269. The monoisotopic (exact) mass is 556 g/mol. The van der Waals surface area contributed by atoms with E-state index in [1.807, 2.05) is 0 Å². The summed E-state index contributed by atoms with van der Waals surface area (Å²) in [5, 5.41) is 9.75. The first kappa shape index (κ1) is 27.4. The van der Waals surface area contributed by atoms with Gasteiger partial charge >= 0.3 is 0 Å². The molecule has 0 aliphatic carbocycles. The first-order valence-corrected chi connectivity index (χ1v) is 13.1. The molecule has 3 heterocycles. The second kappa shape index (κ2) is 11.4. The molecule has 13 nitrogen and oxygen atoms in total. The van der Waals surface area contributed by atoms with Gasteiger partial charge in [0.2, 0.25) is 16.0 Å². The van der Waals surface area contributed by atoms with Gasteiger partial charge in [-0.3, -0.25) is 14.1 Å². The second-order valence-electron chi connectivity index (χ2n) is 8.16. The lowest BCUT2D eigenvalue weighted by Crippen LogP contribution is -2.29. The molecule has 3 aromatic heterocycles. The highest BCUT2D eigenvalue weighted by Gasteiger charge is 2.29. The average Bonchev–Trinajstić information content (AvgIpc) is 3.35. The molecule has 4 rings (SSSR count). The molecule has 4 aromatic rings. The Bertz CT molecular complexity index is 1570. The maximum atomic E-state index is 13.3. The van der Waals surface area contributed by atoms with Gasteiger partial charge in [0.05, 0.1) is 31.9 Å². The lowest BCUT2D eigenvalue weighted by molar-refractivity contribution is 0.0958. The highest BCUT2D eigenvalue weighted by atomic mass is 32.2. The number of carbonyl (C=O) groups excluding carboxylic acids is 1. The Morgan fingerprint density at radius 3 is 2.31 bits per heavy atom. The number of hydrogen-bond donors (Lipinski definition) is 2. The number of sulfonamides is 1. The highest BCUT2D eigenvalue weighted by Crippen LogP contribution is 2.37. The first-order chi connectivity index (χ1) is 18.7. The van der Waals surface area contributed by atoms with Crippen molar-refractivity contribution in [1.29, 1.82) is 0 Å². The Labute approximate surface area is 223 Å². The number of anilines is 1. The zero-order valence-electron chi connectivity index (χ0n) is 21.4. The summed E-state index contributed by atoms with van der Waals surface area (Å²) in [6, 6.07) is 9.74. The molecule has 0 aliphatic heterocycles. The van der Waals surface area contributed by atoms with E-state index in [9.17, 15) is 17.6 Å². The summed E-state index contributed by atoms with van der Waals surface area (Å²) in [4.78, 5) is 24.3. The molecular formula is C24H25FN8O5S. The summed E-state index contributed by atoms with van der Waals surface area (Å²) >= 11 is 0. The highest BCUT2D eigenvalue weighted by molar-refractivity contribution is 7.93. The van der Waals surface area contributed by atoms with Gasteiger partial charge in [-0.2, -0.15) is 0 Å². The van der Waals surface area contributed by atoms with Crippen molar-refractivity contribution in [2.24, 2.45) is 0 Å². The Morgan fingerprint density at radius 2 is 1.69 bits per heavy atom. The largest absolute Gasteiger partial charge is 0.494 e. The number of halogens is 1. The summed E-state index contributed by atoms with van der Waals surface area (Å²) in [6.07, 6.45) is 1.84. The van der Waals surface area contributed by atoms with E-state index in [4.69, 9.17) is 9.47 Å². The molecule has 39 heavy (non-hydrogen) atoms. The van der Waals surface area contributed by atoms with Crippen LogP contribution in [0.25, 0.3) is 17.2 Å². The molecule has 15 heteroatoms. The molecular weight excluding hydrogens is 531 g/mol. The Balaban J connectivity index is 1.83. The van der Waals surface area contributed by atoms with Crippen LogP contribution in [0.2, 0.25) is 0 Å². The van der Waals surface area contributed by atoms with Crippen molar-refractivity contribution in [3.63, 3.8) is 0 Å². The normalized spacial score (nSPS) is 12.0. The van der Waals surface area contributed by atoms with E-state index in [0.717, 1.165) is 12.4 Å². The molecule has 0 radical (unpaired) electrons. The van der Waals surface area contributed by atoms with Crippen molar-refractivity contribution in [3.05, 3.63) is 66.1 Å². The van der Waals surface area contributed by atoms with Crippen molar-refractivity contribution in [2.45, 2.75) is 18.6 Å². The fourth-order valence-electron chi connectivity index (χ4n) is 3.63. The van der Waals surface area contributed by atoms with Crippen molar-refractivity contribution in [2.75, 3.05) is 26.0 Å². The first-order valence-electron chi connectivity index (χ1n) is 11.5. The number of pyridine rings is 1. The van der Waals surface area contributed by atoms with Crippen LogP contribution in [-0.4, -0.2) is 70.6 Å². The van der Waals surface area contributed by atoms with E-state index in [2.05, 4.69) is 35.2 Å². The molecule has 1 amide bonds. The van der Waals surface area contributed by atoms with Gasteiger partial charge in [0.1, 0.15) is 34.4 Å². The number of rotatable bonds is 10. The third kappa shape index (κ3) is 5.77. The average molecular weight is 557 g/mol. The lowest BCUT2D eigenvalue weighted by atomic mass is 10.2. The predicted octanol–water partition coefficient (Wildman–Crippen LogP) is 2.01. The van der Waals surface area contributed by atoms with Crippen molar-refractivity contribution < 1.29 is 27.1 Å². The van der Waals surface area contributed by atoms with Gasteiger partial charge in [-0.1, -0.05) is 12.1 Å². The van der Waals surface area contributed by atoms with Gasteiger partial charge in [0.15, 0.2) is 11.6 Å². The third-order valence-corrected chi connectivity index (χ3v) is 7.33. The van der Waals surface area contributed by atoms with Gasteiger partial charge < -0.3 is 14.8 Å². The quantitative estimate of drug-likeness (QED) is 0.295. The third-order valence-electron chi connectivity index (χ3n) is 5.63. The Hall–Kier alpha value is -4.66. The van der Waals surface area contributed by atoms with Crippen LogP contribution in [0.15, 0.2) is 48.8 Å². The van der Waals surface area contributed by atoms with Gasteiger partial charge in [0, 0.05) is 13.5 Å². The van der Waals surface area contributed by atoms with E-state index in [-0.39, 0.29) is 35.4 Å². The van der Waals surface area contributed by atoms with E-state index >= 15 is 0 Å². The predicted molar refractivity (Wildman–Crippen MR) is 139 cm³/mol. The second-order valence-corrected chi connectivity index (χ2v) is 10.3. The van der Waals surface area contributed by atoms with Crippen LogP contribution in [0.1, 0.15) is 23.2 Å². The topological polar surface area (TPSA) is 163 Å². The Kier molecular flexibility index (Phi) is 7.99. The Morgan fingerprint density at radius 1 is 1.05 bits per heavy atom. The number of para-hydroxylation sites is 1. The van der Waals surface area contributed by atoms with Crippen molar-refractivity contribution >= 4 is 21.9 Å². The van der Waals surface area contributed by atoms with Gasteiger partial charge in [-0.05, 0) is 31.2 Å². The maximum Gasteiger partial charge on any atom is 0.269 e. The molecule has 0 aliphatic rings. The molecule has 0 unspecified atom stereocenters. The van der Waals surface area contributed by atoms with Crippen LogP contribution in [0.3, 0.4) is 0 Å². The fourth-order valence-corrected chi connectivity index (χ4v) is 4.59. The summed E-state index contributed by atoms with van der Waals surface area (Å²) in [6.45, 7) is 1.45. The number of aromatic nitrogens is 6. The standard InChI is InChI=1S/C24H25FN8O5S/c1-14(11-20-27-12-15(25)13-28-20)39(35,36)32-24-31-30-22(16-7-5-8-17(29-16)23(34)26-2)33(24)21-18(37-3)9-6-10-19(21)38-4/h5-10,12-14H,11H2,1-4H3,(H,26,34)(H,31,32)/t14-/m1/s1. The molecule has 0 fully saturated rings. The van der Waals surface area contributed by atoms with Gasteiger partial charge in [-0.25, -0.2) is 27.8 Å². The van der Waals surface area contributed by atoms with Crippen LogP contribution < -0.4 is 19.5 Å². The van der Waals surface area contributed by atoms with Crippen LogP contribution in [0, 0.1) is 5.82 Å². The molecule has 204 valence electrons. The summed E-state index contributed by atoms with van der Waals surface area (Å²) < 4.78 is 54.8. The number of benzene rings is 1. The molecule has 0 saturated carbocycles. The van der Waals surface area contributed by atoms with E-state index < -0.39 is 27.0 Å². The number of ether oxygens (including phenoxy) is 2. The number of amides is 1. The van der Waals surface area contributed by atoms with Gasteiger partial charge in [0.25, 0.3) is 5.91 Å². The fraction of sp³-hybridized carbons (Fsp3) is 0.250. The summed E-state index contributed by atoms with van der Waals surface area (Å²) in [5.41, 5.74) is 0.642. The number of methoxy groups -OCH3 is 2. The molecule has 0 bridgehead atoms. The zero-order valence-corrected chi connectivity index (χ0v) is 22.2. The number of hydrogen-bond acceptors (Lipinski definition) is 10. The number of nitrogens with zero attached hydrogens (tertiary/aromatic N) is 6. The van der Waals surface area contributed by atoms with E-state index in [1.165, 1.54) is 38.8 Å². The smallest absolute Gasteiger partial charge is 0.269 e. The van der Waals surface area contributed by atoms with Crippen LogP contribution >= 0.6 is 0 Å². The summed E-state index contributed by atoms with van der Waals surface area (Å²) in [5.74, 6) is -0.332.